The molecule has 1 aliphatic heterocycles. The quantitative estimate of drug-likeness (QED) is 0.720. The van der Waals surface area contributed by atoms with E-state index < -0.39 is 11.6 Å². The molecule has 1 heterocycles. The van der Waals surface area contributed by atoms with E-state index in [2.05, 4.69) is 5.32 Å². The number of carbonyl (C=O) groups excluding carboxylic acids is 2. The third-order valence-corrected chi connectivity index (χ3v) is 4.12. The van der Waals surface area contributed by atoms with Gasteiger partial charge in [-0.1, -0.05) is 13.8 Å². The number of hydrogen-bond donors (Lipinski definition) is 2. The predicted octanol–water partition coefficient (Wildman–Crippen LogP) is 0.173. The zero-order valence-corrected chi connectivity index (χ0v) is 12.0. The molecule has 1 aliphatic carbocycles. The fraction of sp³-hybridized carbons (Fsp3) is 0.857. The Kier molecular flexibility index (Phi) is 3.97. The zero-order chi connectivity index (χ0) is 14.2. The van der Waals surface area contributed by atoms with Gasteiger partial charge in [0, 0.05) is 13.1 Å². The molecule has 0 aromatic carbocycles. The lowest BCUT2D eigenvalue weighted by molar-refractivity contribution is -0.139. The van der Waals surface area contributed by atoms with Crippen LogP contribution in [0, 0.1) is 11.8 Å². The molecule has 0 radical (unpaired) electrons. The fourth-order valence-corrected chi connectivity index (χ4v) is 2.88. The van der Waals surface area contributed by atoms with E-state index in [1.807, 2.05) is 18.7 Å². The molecule has 0 aromatic heterocycles. The van der Waals surface area contributed by atoms with Gasteiger partial charge in [0.1, 0.15) is 0 Å². The van der Waals surface area contributed by atoms with Crippen LogP contribution in [0.15, 0.2) is 0 Å². The molecular formula is C14H24N2O3. The second-order valence-corrected chi connectivity index (χ2v) is 6.42. The molecule has 1 amide bonds. The van der Waals surface area contributed by atoms with E-state index in [4.69, 9.17) is 0 Å². The molecule has 2 rings (SSSR count). The topological polar surface area (TPSA) is 69.6 Å². The number of Topliss-reactive ketones (excluding diaryl/α,β-unsaturated/α-hetero) is 1. The van der Waals surface area contributed by atoms with Crippen molar-refractivity contribution in [1.29, 1.82) is 0 Å². The third kappa shape index (κ3) is 3.34. The van der Waals surface area contributed by atoms with Crippen LogP contribution in [0.3, 0.4) is 0 Å². The van der Waals surface area contributed by atoms with E-state index in [-0.39, 0.29) is 24.2 Å². The summed E-state index contributed by atoms with van der Waals surface area (Å²) in [6.07, 6.45) is 2.21. The number of likely N-dealkylation sites (tertiary alicyclic amines) is 1. The molecule has 0 spiro atoms. The molecule has 2 aliphatic rings. The highest BCUT2D eigenvalue weighted by Gasteiger charge is 2.51. The molecule has 19 heavy (non-hydrogen) atoms. The summed E-state index contributed by atoms with van der Waals surface area (Å²) in [6, 6.07) is -0.406. The van der Waals surface area contributed by atoms with Gasteiger partial charge >= 0.3 is 0 Å². The van der Waals surface area contributed by atoms with Crippen LogP contribution in [0.25, 0.3) is 0 Å². The lowest BCUT2D eigenvalue weighted by atomic mass is 9.89. The first-order chi connectivity index (χ1) is 8.82. The molecule has 1 atom stereocenters. The van der Waals surface area contributed by atoms with Crippen LogP contribution < -0.4 is 5.32 Å². The largest absolute Gasteiger partial charge is 0.387 e. The van der Waals surface area contributed by atoms with E-state index >= 15 is 0 Å². The Morgan fingerprint density at radius 1 is 1.37 bits per heavy atom. The van der Waals surface area contributed by atoms with Gasteiger partial charge in [-0.05, 0) is 31.6 Å². The molecular weight excluding hydrogens is 244 g/mol. The average Bonchev–Trinajstić information content (AvgIpc) is 3.06. The SMILES string of the molecule is CC(=O)C(NC(=O)CN1CC(O)(C2CC2)C1)C(C)C. The first-order valence-electron chi connectivity index (χ1n) is 7.06. The number of β-amino-alcohol motifs (C(OH)–C–C–N with tert-alkyl or cyclic N) is 1. The van der Waals surface area contributed by atoms with Crippen LogP contribution in [-0.4, -0.2) is 53.0 Å². The Labute approximate surface area is 114 Å². The summed E-state index contributed by atoms with van der Waals surface area (Å²) in [7, 11) is 0. The Morgan fingerprint density at radius 3 is 2.37 bits per heavy atom. The third-order valence-electron chi connectivity index (χ3n) is 4.12. The van der Waals surface area contributed by atoms with Gasteiger partial charge in [0.05, 0.1) is 18.2 Å². The van der Waals surface area contributed by atoms with Gasteiger partial charge in [-0.25, -0.2) is 0 Å². The minimum absolute atomic E-state index is 0.0126. The van der Waals surface area contributed by atoms with Crippen molar-refractivity contribution >= 4 is 11.7 Å². The standard InChI is InChI=1S/C14H24N2O3/c1-9(2)13(10(3)17)15-12(18)6-16-7-14(19,8-16)11-4-5-11/h9,11,13,19H,4-8H2,1-3H3,(H,15,18). The summed E-state index contributed by atoms with van der Waals surface area (Å²) in [6.45, 7) is 6.77. The second kappa shape index (κ2) is 5.21. The van der Waals surface area contributed by atoms with E-state index in [0.29, 0.717) is 19.0 Å². The average molecular weight is 268 g/mol. The summed E-state index contributed by atoms with van der Waals surface area (Å²) in [4.78, 5) is 25.2. The van der Waals surface area contributed by atoms with Crippen molar-refractivity contribution in [3.63, 3.8) is 0 Å². The summed E-state index contributed by atoms with van der Waals surface area (Å²) in [5.74, 6) is 0.391. The minimum Gasteiger partial charge on any atom is -0.387 e. The Balaban J connectivity index is 1.74. The van der Waals surface area contributed by atoms with Crippen LogP contribution in [0.1, 0.15) is 33.6 Å². The van der Waals surface area contributed by atoms with E-state index in [1.54, 1.807) is 0 Å². The number of amides is 1. The fourth-order valence-electron chi connectivity index (χ4n) is 2.88. The molecule has 1 saturated carbocycles. The van der Waals surface area contributed by atoms with Gasteiger partial charge in [0.2, 0.25) is 5.91 Å². The molecule has 2 N–H and O–H groups in total. The maximum Gasteiger partial charge on any atom is 0.234 e. The monoisotopic (exact) mass is 268 g/mol. The van der Waals surface area contributed by atoms with E-state index in [0.717, 1.165) is 12.8 Å². The first-order valence-corrected chi connectivity index (χ1v) is 7.06. The number of carbonyl (C=O) groups is 2. The van der Waals surface area contributed by atoms with E-state index in [1.165, 1.54) is 6.92 Å². The second-order valence-electron chi connectivity index (χ2n) is 6.42. The van der Waals surface area contributed by atoms with Crippen molar-refractivity contribution in [2.24, 2.45) is 11.8 Å². The number of rotatable bonds is 6. The predicted molar refractivity (Wildman–Crippen MR) is 71.6 cm³/mol. The maximum atomic E-state index is 11.9. The van der Waals surface area contributed by atoms with Crippen molar-refractivity contribution in [3.8, 4) is 0 Å². The Morgan fingerprint density at radius 2 is 1.95 bits per heavy atom. The smallest absolute Gasteiger partial charge is 0.234 e. The maximum absolute atomic E-state index is 11.9. The highest BCUT2D eigenvalue weighted by atomic mass is 16.3. The van der Waals surface area contributed by atoms with Crippen LogP contribution in [-0.2, 0) is 9.59 Å². The van der Waals surface area contributed by atoms with Gasteiger partial charge < -0.3 is 10.4 Å². The number of nitrogens with one attached hydrogen (secondary N) is 1. The van der Waals surface area contributed by atoms with Crippen LogP contribution >= 0.6 is 0 Å². The van der Waals surface area contributed by atoms with Gasteiger partial charge in [-0.3, -0.25) is 14.5 Å². The molecule has 108 valence electrons. The number of ketones is 1. The van der Waals surface area contributed by atoms with Gasteiger partial charge in [0.15, 0.2) is 5.78 Å². The zero-order valence-electron chi connectivity index (χ0n) is 12.0. The molecule has 2 fully saturated rings. The number of aliphatic hydroxyl groups is 1. The molecule has 5 heteroatoms. The van der Waals surface area contributed by atoms with Crippen LogP contribution in [0.2, 0.25) is 0 Å². The van der Waals surface area contributed by atoms with Crippen LogP contribution in [0.5, 0.6) is 0 Å². The van der Waals surface area contributed by atoms with Gasteiger partial charge in [0.25, 0.3) is 0 Å². The normalized spacial score (nSPS) is 23.8. The summed E-state index contributed by atoms with van der Waals surface area (Å²) < 4.78 is 0. The summed E-state index contributed by atoms with van der Waals surface area (Å²) in [5.41, 5.74) is -0.557. The Hall–Kier alpha value is -0.940. The van der Waals surface area contributed by atoms with Crippen molar-refractivity contribution in [3.05, 3.63) is 0 Å². The lowest BCUT2D eigenvalue weighted by Crippen LogP contribution is -2.65. The molecule has 5 nitrogen and oxygen atoms in total. The first kappa shape index (κ1) is 14.5. The summed E-state index contributed by atoms with van der Waals surface area (Å²) >= 11 is 0. The molecule has 0 bridgehead atoms. The molecule has 1 unspecified atom stereocenters. The summed E-state index contributed by atoms with van der Waals surface area (Å²) in [5, 5.41) is 12.9. The Bertz CT molecular complexity index is 371. The molecule has 0 aromatic rings. The van der Waals surface area contributed by atoms with Gasteiger partial charge in [-0.15, -0.1) is 0 Å². The van der Waals surface area contributed by atoms with Gasteiger partial charge in [-0.2, -0.15) is 0 Å². The highest BCUT2D eigenvalue weighted by Crippen LogP contribution is 2.44. The van der Waals surface area contributed by atoms with E-state index in [9.17, 15) is 14.7 Å². The van der Waals surface area contributed by atoms with Crippen molar-refractivity contribution in [1.82, 2.24) is 10.2 Å². The van der Waals surface area contributed by atoms with Crippen LogP contribution in [0.4, 0.5) is 0 Å². The van der Waals surface area contributed by atoms with Crippen molar-refractivity contribution in [2.45, 2.75) is 45.3 Å². The van der Waals surface area contributed by atoms with Crippen molar-refractivity contribution < 1.29 is 14.7 Å². The number of nitrogens with zero attached hydrogens (tertiary/aromatic N) is 1. The van der Waals surface area contributed by atoms with Crippen molar-refractivity contribution in [2.75, 3.05) is 19.6 Å². The highest BCUT2D eigenvalue weighted by molar-refractivity contribution is 5.88. The number of hydrogen-bond acceptors (Lipinski definition) is 4. The lowest BCUT2D eigenvalue weighted by Gasteiger charge is -2.46. The minimum atomic E-state index is -0.557. The molecule has 1 saturated heterocycles.